The lowest BCUT2D eigenvalue weighted by Crippen LogP contribution is -2.05. The van der Waals surface area contributed by atoms with Gasteiger partial charge in [0.2, 0.25) is 0 Å². The van der Waals surface area contributed by atoms with Crippen molar-refractivity contribution < 1.29 is 19.0 Å². The molecule has 1 aromatic carbocycles. The Hall–Kier alpha value is -2.91. The highest BCUT2D eigenvalue weighted by Crippen LogP contribution is 2.42. The summed E-state index contributed by atoms with van der Waals surface area (Å²) in [6, 6.07) is 5.71. The Morgan fingerprint density at radius 1 is 1.10 bits per heavy atom. The standard InChI is InChI=1S/C21H21N3O4S2/c1-6-28-20(25)18-17(15-10(2)7-11(3)22-19(15)30-18)24-21-23-16-13(27-5)8-12(26-4)9-14(16)29-21/h7-9H,6H2,1-5H3,(H,23,24). The number of carbonyl (C=O) groups excluding carboxylic acids is 1. The van der Waals surface area contributed by atoms with Crippen LogP contribution in [0.15, 0.2) is 18.2 Å². The molecule has 0 aliphatic heterocycles. The Labute approximate surface area is 181 Å². The summed E-state index contributed by atoms with van der Waals surface area (Å²) in [5.41, 5.74) is 3.34. The fraction of sp³-hybridized carbons (Fsp3) is 0.286. The molecule has 0 unspecified atom stereocenters. The van der Waals surface area contributed by atoms with Crippen LogP contribution in [-0.2, 0) is 4.74 Å². The summed E-state index contributed by atoms with van der Waals surface area (Å²) in [5, 5.41) is 4.89. The first-order valence-corrected chi connectivity index (χ1v) is 11.0. The van der Waals surface area contributed by atoms with E-state index in [9.17, 15) is 4.79 Å². The molecule has 0 atom stereocenters. The van der Waals surface area contributed by atoms with Crippen LogP contribution in [0.5, 0.6) is 11.5 Å². The molecule has 0 radical (unpaired) electrons. The fourth-order valence-electron chi connectivity index (χ4n) is 3.31. The molecule has 30 heavy (non-hydrogen) atoms. The van der Waals surface area contributed by atoms with Gasteiger partial charge in [0.05, 0.1) is 31.2 Å². The van der Waals surface area contributed by atoms with Crippen LogP contribution in [0.2, 0.25) is 0 Å². The number of rotatable bonds is 6. The second-order valence-corrected chi connectivity index (χ2v) is 8.64. The number of esters is 1. The zero-order chi connectivity index (χ0) is 21.4. The van der Waals surface area contributed by atoms with Gasteiger partial charge in [-0.2, -0.15) is 0 Å². The van der Waals surface area contributed by atoms with E-state index in [1.165, 1.54) is 22.7 Å². The summed E-state index contributed by atoms with van der Waals surface area (Å²) < 4.78 is 17.0. The summed E-state index contributed by atoms with van der Waals surface area (Å²) in [4.78, 5) is 23.2. The summed E-state index contributed by atoms with van der Waals surface area (Å²) in [7, 11) is 3.21. The first-order chi connectivity index (χ1) is 14.4. The minimum absolute atomic E-state index is 0.302. The molecule has 156 valence electrons. The molecule has 4 aromatic rings. The van der Waals surface area contributed by atoms with Crippen molar-refractivity contribution in [2.75, 3.05) is 26.1 Å². The van der Waals surface area contributed by atoms with Gasteiger partial charge in [0.25, 0.3) is 0 Å². The second kappa shape index (κ2) is 8.08. The number of aryl methyl sites for hydroxylation is 2. The lowest BCUT2D eigenvalue weighted by molar-refractivity contribution is 0.0533. The molecule has 4 rings (SSSR count). The van der Waals surface area contributed by atoms with Crippen molar-refractivity contribution in [1.29, 1.82) is 0 Å². The number of methoxy groups -OCH3 is 2. The van der Waals surface area contributed by atoms with Gasteiger partial charge in [-0.1, -0.05) is 11.3 Å². The smallest absolute Gasteiger partial charge is 0.350 e. The monoisotopic (exact) mass is 443 g/mol. The molecule has 0 saturated carbocycles. The van der Waals surface area contributed by atoms with Crippen molar-refractivity contribution in [2.24, 2.45) is 0 Å². The molecule has 3 heterocycles. The summed E-state index contributed by atoms with van der Waals surface area (Å²) >= 11 is 2.78. The predicted octanol–water partition coefficient (Wildman–Crippen LogP) is 5.46. The number of ether oxygens (including phenoxy) is 3. The number of aromatic nitrogens is 2. The number of nitrogens with zero attached hydrogens (tertiary/aromatic N) is 2. The molecule has 0 aliphatic carbocycles. The van der Waals surface area contributed by atoms with Crippen LogP contribution in [0.4, 0.5) is 10.8 Å². The van der Waals surface area contributed by atoms with Crippen LogP contribution in [0.1, 0.15) is 27.9 Å². The number of nitrogens with one attached hydrogen (secondary N) is 1. The maximum atomic E-state index is 12.6. The molecule has 0 spiro atoms. The van der Waals surface area contributed by atoms with Crippen molar-refractivity contribution in [2.45, 2.75) is 20.8 Å². The fourth-order valence-corrected chi connectivity index (χ4v) is 5.37. The van der Waals surface area contributed by atoms with Gasteiger partial charge < -0.3 is 19.5 Å². The van der Waals surface area contributed by atoms with Gasteiger partial charge in [-0.05, 0) is 38.5 Å². The first kappa shape index (κ1) is 20.4. The van der Waals surface area contributed by atoms with Crippen molar-refractivity contribution in [3.63, 3.8) is 0 Å². The van der Waals surface area contributed by atoms with Crippen LogP contribution >= 0.6 is 22.7 Å². The molecular weight excluding hydrogens is 422 g/mol. The van der Waals surface area contributed by atoms with E-state index in [1.807, 2.05) is 26.0 Å². The molecule has 0 fully saturated rings. The Morgan fingerprint density at radius 3 is 2.60 bits per heavy atom. The lowest BCUT2D eigenvalue weighted by atomic mass is 10.1. The minimum Gasteiger partial charge on any atom is -0.497 e. The van der Waals surface area contributed by atoms with E-state index in [4.69, 9.17) is 19.2 Å². The van der Waals surface area contributed by atoms with Crippen molar-refractivity contribution in [1.82, 2.24) is 9.97 Å². The van der Waals surface area contributed by atoms with Gasteiger partial charge in [-0.15, -0.1) is 11.3 Å². The highest BCUT2D eigenvalue weighted by Gasteiger charge is 2.23. The van der Waals surface area contributed by atoms with E-state index >= 15 is 0 Å². The van der Waals surface area contributed by atoms with E-state index in [0.717, 1.165) is 31.7 Å². The number of carbonyl (C=O) groups is 1. The SMILES string of the molecule is CCOC(=O)c1sc2nc(C)cc(C)c2c1Nc1nc2c(OC)cc(OC)cc2s1. The number of hydrogen-bond acceptors (Lipinski definition) is 9. The van der Waals surface area contributed by atoms with Gasteiger partial charge in [-0.3, -0.25) is 0 Å². The van der Waals surface area contributed by atoms with Gasteiger partial charge in [-0.25, -0.2) is 14.8 Å². The average Bonchev–Trinajstić information content (AvgIpc) is 3.28. The molecule has 3 aromatic heterocycles. The number of thiophene rings is 1. The molecule has 7 nitrogen and oxygen atoms in total. The summed E-state index contributed by atoms with van der Waals surface area (Å²) in [5.74, 6) is 0.946. The molecule has 0 bridgehead atoms. The third-order valence-electron chi connectivity index (χ3n) is 4.57. The molecule has 0 amide bonds. The van der Waals surface area contributed by atoms with Crippen molar-refractivity contribution in [3.05, 3.63) is 34.3 Å². The Bertz CT molecular complexity index is 1260. The molecule has 1 N–H and O–H groups in total. The van der Waals surface area contributed by atoms with E-state index in [-0.39, 0.29) is 5.97 Å². The highest BCUT2D eigenvalue weighted by molar-refractivity contribution is 7.23. The quantitative estimate of drug-likeness (QED) is 0.396. The van der Waals surface area contributed by atoms with Crippen LogP contribution in [0, 0.1) is 13.8 Å². The highest BCUT2D eigenvalue weighted by atomic mass is 32.1. The van der Waals surface area contributed by atoms with Crippen molar-refractivity contribution >= 4 is 59.9 Å². The third kappa shape index (κ3) is 3.54. The molecular formula is C21H21N3O4S2. The number of pyridine rings is 1. The number of benzene rings is 1. The van der Waals surface area contributed by atoms with Crippen LogP contribution < -0.4 is 14.8 Å². The second-order valence-electron chi connectivity index (χ2n) is 6.61. The Kier molecular flexibility index (Phi) is 5.48. The predicted molar refractivity (Wildman–Crippen MR) is 121 cm³/mol. The number of thiazole rings is 1. The van der Waals surface area contributed by atoms with Crippen LogP contribution in [0.25, 0.3) is 20.4 Å². The van der Waals surface area contributed by atoms with Gasteiger partial charge in [0.15, 0.2) is 5.13 Å². The van der Waals surface area contributed by atoms with Crippen LogP contribution in [0.3, 0.4) is 0 Å². The lowest BCUT2D eigenvalue weighted by Gasteiger charge is -2.07. The van der Waals surface area contributed by atoms with Gasteiger partial charge >= 0.3 is 5.97 Å². The van der Waals surface area contributed by atoms with Gasteiger partial charge in [0, 0.05) is 17.1 Å². The molecule has 0 saturated heterocycles. The van der Waals surface area contributed by atoms with Gasteiger partial charge in [0.1, 0.15) is 26.7 Å². The Morgan fingerprint density at radius 2 is 1.90 bits per heavy atom. The Balaban J connectivity index is 1.87. The van der Waals surface area contributed by atoms with E-state index < -0.39 is 0 Å². The largest absolute Gasteiger partial charge is 0.497 e. The third-order valence-corrected chi connectivity index (χ3v) is 6.55. The summed E-state index contributed by atoms with van der Waals surface area (Å²) in [6.45, 7) is 6.04. The molecule has 0 aliphatic rings. The van der Waals surface area contributed by atoms with Crippen LogP contribution in [-0.4, -0.2) is 36.8 Å². The number of hydrogen-bond donors (Lipinski definition) is 1. The molecule has 9 heteroatoms. The maximum absolute atomic E-state index is 12.6. The topological polar surface area (TPSA) is 82.6 Å². The average molecular weight is 444 g/mol. The number of anilines is 2. The van der Waals surface area contributed by atoms with E-state index in [0.29, 0.717) is 33.8 Å². The summed E-state index contributed by atoms with van der Waals surface area (Å²) in [6.07, 6.45) is 0. The zero-order valence-electron chi connectivity index (χ0n) is 17.3. The number of fused-ring (bicyclic) bond motifs is 2. The zero-order valence-corrected chi connectivity index (χ0v) is 18.9. The maximum Gasteiger partial charge on any atom is 0.350 e. The minimum atomic E-state index is -0.375. The first-order valence-electron chi connectivity index (χ1n) is 9.32. The normalized spacial score (nSPS) is 11.1. The van der Waals surface area contributed by atoms with E-state index in [1.54, 1.807) is 27.2 Å². The van der Waals surface area contributed by atoms with E-state index in [2.05, 4.69) is 10.3 Å². The van der Waals surface area contributed by atoms with Crippen molar-refractivity contribution in [3.8, 4) is 11.5 Å².